The second-order valence-electron chi connectivity index (χ2n) is 4.90. The van der Waals surface area contributed by atoms with Gasteiger partial charge in [-0.25, -0.2) is 4.39 Å². The Bertz CT molecular complexity index is 352. The Hall–Kier alpha value is -0.410. The third kappa shape index (κ3) is 3.52. The maximum absolute atomic E-state index is 13.3. The molecule has 0 heterocycles. The summed E-state index contributed by atoms with van der Waals surface area (Å²) in [7, 11) is 0. The maximum atomic E-state index is 13.3. The standard InChI is InChI=1S/C14H18BrFO/c15-12-7-11(8-13(16)9-12)14(17)10-5-3-1-2-4-6-10/h7-10,14,17H,1-6H2. The first-order valence-electron chi connectivity index (χ1n) is 6.31. The fourth-order valence-corrected chi connectivity index (χ4v) is 3.13. The van der Waals surface area contributed by atoms with E-state index in [1.807, 2.05) is 6.07 Å². The average molecular weight is 301 g/mol. The van der Waals surface area contributed by atoms with Crippen LogP contribution >= 0.6 is 15.9 Å². The van der Waals surface area contributed by atoms with Gasteiger partial charge in [0.1, 0.15) is 5.82 Å². The van der Waals surface area contributed by atoms with Crippen molar-refractivity contribution in [3.63, 3.8) is 0 Å². The van der Waals surface area contributed by atoms with Crippen molar-refractivity contribution in [3.05, 3.63) is 34.1 Å². The van der Waals surface area contributed by atoms with Gasteiger partial charge in [-0.3, -0.25) is 0 Å². The van der Waals surface area contributed by atoms with Crippen LogP contribution in [0.3, 0.4) is 0 Å². The summed E-state index contributed by atoms with van der Waals surface area (Å²) in [6.07, 6.45) is 6.45. The van der Waals surface area contributed by atoms with Gasteiger partial charge in [0.15, 0.2) is 0 Å². The molecule has 0 amide bonds. The second kappa shape index (κ2) is 5.96. The van der Waals surface area contributed by atoms with E-state index in [0.717, 1.165) is 12.8 Å². The largest absolute Gasteiger partial charge is 0.388 e. The SMILES string of the molecule is OC(c1cc(F)cc(Br)c1)C1CCCCCC1. The number of benzene rings is 1. The molecule has 1 aliphatic rings. The van der Waals surface area contributed by atoms with Crippen LogP contribution in [-0.4, -0.2) is 5.11 Å². The molecular formula is C14H18BrFO. The van der Waals surface area contributed by atoms with Crippen molar-refractivity contribution in [1.29, 1.82) is 0 Å². The van der Waals surface area contributed by atoms with Crippen LogP contribution in [0.2, 0.25) is 0 Å². The minimum Gasteiger partial charge on any atom is -0.388 e. The highest BCUT2D eigenvalue weighted by Gasteiger charge is 2.22. The van der Waals surface area contributed by atoms with E-state index in [1.165, 1.54) is 37.8 Å². The van der Waals surface area contributed by atoms with Gasteiger partial charge in [-0.1, -0.05) is 41.6 Å². The number of halogens is 2. The van der Waals surface area contributed by atoms with Crippen molar-refractivity contribution in [2.24, 2.45) is 5.92 Å². The number of hydrogen-bond donors (Lipinski definition) is 1. The van der Waals surface area contributed by atoms with Crippen LogP contribution < -0.4 is 0 Å². The van der Waals surface area contributed by atoms with E-state index in [0.29, 0.717) is 10.0 Å². The Morgan fingerprint density at radius 1 is 1.12 bits per heavy atom. The summed E-state index contributed by atoms with van der Waals surface area (Å²) in [6, 6.07) is 4.68. The number of hydrogen-bond acceptors (Lipinski definition) is 1. The molecule has 1 nitrogen and oxygen atoms in total. The van der Waals surface area contributed by atoms with Crippen LogP contribution in [0.25, 0.3) is 0 Å². The van der Waals surface area contributed by atoms with Crippen molar-refractivity contribution >= 4 is 15.9 Å². The zero-order chi connectivity index (χ0) is 12.3. The van der Waals surface area contributed by atoms with Crippen LogP contribution in [0.1, 0.15) is 50.2 Å². The first kappa shape index (κ1) is 13.0. The Labute approximate surface area is 110 Å². The molecule has 1 unspecified atom stereocenters. The molecule has 1 aromatic carbocycles. The van der Waals surface area contributed by atoms with E-state index in [9.17, 15) is 9.50 Å². The quantitative estimate of drug-likeness (QED) is 0.792. The highest BCUT2D eigenvalue weighted by molar-refractivity contribution is 9.10. The second-order valence-corrected chi connectivity index (χ2v) is 5.81. The first-order valence-corrected chi connectivity index (χ1v) is 7.10. The highest BCUT2D eigenvalue weighted by Crippen LogP contribution is 2.34. The van der Waals surface area contributed by atoms with E-state index in [4.69, 9.17) is 0 Å². The molecule has 0 spiro atoms. The molecule has 1 aliphatic carbocycles. The normalized spacial score (nSPS) is 19.9. The molecule has 0 radical (unpaired) electrons. The monoisotopic (exact) mass is 300 g/mol. The van der Waals surface area contributed by atoms with Crippen molar-refractivity contribution in [3.8, 4) is 0 Å². The lowest BCUT2D eigenvalue weighted by Gasteiger charge is -2.21. The lowest BCUT2D eigenvalue weighted by Crippen LogP contribution is -2.12. The van der Waals surface area contributed by atoms with Crippen LogP contribution in [0.4, 0.5) is 4.39 Å². The molecule has 1 fully saturated rings. The van der Waals surface area contributed by atoms with Crippen LogP contribution in [0.5, 0.6) is 0 Å². The molecule has 0 aromatic heterocycles. The lowest BCUT2D eigenvalue weighted by atomic mass is 9.89. The van der Waals surface area contributed by atoms with Gasteiger partial charge < -0.3 is 5.11 Å². The fraction of sp³-hybridized carbons (Fsp3) is 0.571. The van der Waals surface area contributed by atoms with E-state index in [1.54, 1.807) is 0 Å². The zero-order valence-electron chi connectivity index (χ0n) is 9.83. The van der Waals surface area contributed by atoms with E-state index in [2.05, 4.69) is 15.9 Å². The van der Waals surface area contributed by atoms with Gasteiger partial charge in [0.2, 0.25) is 0 Å². The smallest absolute Gasteiger partial charge is 0.124 e. The van der Waals surface area contributed by atoms with Gasteiger partial charge in [-0.2, -0.15) is 0 Å². The van der Waals surface area contributed by atoms with E-state index in [-0.39, 0.29) is 11.7 Å². The molecule has 17 heavy (non-hydrogen) atoms. The van der Waals surface area contributed by atoms with Crippen molar-refractivity contribution in [1.82, 2.24) is 0 Å². The summed E-state index contributed by atoms with van der Waals surface area (Å²) in [4.78, 5) is 0. The van der Waals surface area contributed by atoms with Crippen LogP contribution in [0.15, 0.2) is 22.7 Å². The molecule has 1 atom stereocenters. The van der Waals surface area contributed by atoms with Crippen LogP contribution in [0, 0.1) is 11.7 Å². The average Bonchev–Trinajstić information content (AvgIpc) is 2.55. The minimum atomic E-state index is -0.528. The Balaban J connectivity index is 2.14. The van der Waals surface area contributed by atoms with E-state index < -0.39 is 6.10 Å². The highest BCUT2D eigenvalue weighted by atomic mass is 79.9. The Morgan fingerprint density at radius 2 is 1.76 bits per heavy atom. The molecule has 0 bridgehead atoms. The molecule has 94 valence electrons. The summed E-state index contributed by atoms with van der Waals surface area (Å²) in [6.45, 7) is 0. The van der Waals surface area contributed by atoms with Gasteiger partial charge in [0.25, 0.3) is 0 Å². The minimum absolute atomic E-state index is 0.284. The van der Waals surface area contributed by atoms with Crippen molar-refractivity contribution in [2.75, 3.05) is 0 Å². The summed E-state index contributed by atoms with van der Waals surface area (Å²) in [5.74, 6) is -0.00625. The van der Waals surface area contributed by atoms with E-state index >= 15 is 0 Å². The number of aliphatic hydroxyl groups excluding tert-OH is 1. The first-order chi connectivity index (χ1) is 8.16. The molecule has 1 aromatic rings. The van der Waals surface area contributed by atoms with Gasteiger partial charge >= 0.3 is 0 Å². The van der Waals surface area contributed by atoms with Gasteiger partial charge in [0, 0.05) is 4.47 Å². The topological polar surface area (TPSA) is 20.2 Å². The molecular weight excluding hydrogens is 283 g/mol. The van der Waals surface area contributed by atoms with Crippen LogP contribution in [-0.2, 0) is 0 Å². The molecule has 1 N–H and O–H groups in total. The lowest BCUT2D eigenvalue weighted by molar-refractivity contribution is 0.0984. The fourth-order valence-electron chi connectivity index (χ4n) is 2.64. The van der Waals surface area contributed by atoms with Gasteiger partial charge in [-0.05, 0) is 42.5 Å². The third-order valence-corrected chi connectivity index (χ3v) is 4.03. The Kier molecular flexibility index (Phi) is 4.57. The summed E-state index contributed by atoms with van der Waals surface area (Å²) in [5, 5.41) is 10.3. The van der Waals surface area contributed by atoms with Gasteiger partial charge in [0.05, 0.1) is 6.10 Å². The van der Waals surface area contributed by atoms with Gasteiger partial charge in [-0.15, -0.1) is 0 Å². The number of aliphatic hydroxyl groups is 1. The molecule has 0 aliphatic heterocycles. The molecule has 3 heteroatoms. The molecule has 1 saturated carbocycles. The molecule has 2 rings (SSSR count). The predicted octanol–water partition coefficient (Wildman–Crippen LogP) is 4.59. The van der Waals surface area contributed by atoms with Crippen molar-refractivity contribution < 1.29 is 9.50 Å². The molecule has 0 saturated heterocycles. The van der Waals surface area contributed by atoms with Crippen molar-refractivity contribution in [2.45, 2.75) is 44.6 Å². The number of rotatable bonds is 2. The zero-order valence-corrected chi connectivity index (χ0v) is 11.4. The maximum Gasteiger partial charge on any atom is 0.124 e. The summed E-state index contributed by atoms with van der Waals surface area (Å²) >= 11 is 3.27. The summed E-state index contributed by atoms with van der Waals surface area (Å²) in [5.41, 5.74) is 0.698. The summed E-state index contributed by atoms with van der Waals surface area (Å²) < 4.78 is 14.0. The Morgan fingerprint density at radius 3 is 2.35 bits per heavy atom. The third-order valence-electron chi connectivity index (χ3n) is 3.57. The predicted molar refractivity (Wildman–Crippen MR) is 70.3 cm³/mol.